The molecule has 0 amide bonds. The Labute approximate surface area is 252 Å². The first-order valence-electron chi connectivity index (χ1n) is 15.0. The Hall–Kier alpha value is -3.15. The average Bonchev–Trinajstić information content (AvgIpc) is 2.97. The lowest BCUT2D eigenvalue weighted by Gasteiger charge is -2.17. The first kappa shape index (κ1) is 34.1. The minimum Gasteiger partial charge on any atom is -0.458 e. The van der Waals surface area contributed by atoms with Crippen molar-refractivity contribution in [1.82, 2.24) is 0 Å². The lowest BCUT2D eigenvalue weighted by Crippen LogP contribution is -2.08. The molecule has 41 heavy (non-hydrogen) atoms. The van der Waals surface area contributed by atoms with Gasteiger partial charge in [-0.25, -0.2) is 0 Å². The summed E-state index contributed by atoms with van der Waals surface area (Å²) in [5.41, 5.74) is 2.13. The molecule has 0 fully saturated rings. The van der Waals surface area contributed by atoms with Gasteiger partial charge in [0.1, 0.15) is 12.2 Å². The standard InChI is InChI=1S/C36H46O4S/c1-31(37)39-35(33-23-15-13-16-24-33)27-19-9-5-3-7-11-21-29-41-30-22-12-8-4-6-10-20-28-36(40-32(2)38)34-25-17-14-18-26-34/h13-18,23-26,35-36H,3-10,19-20,27-30H2,1-2H3. The zero-order chi connectivity index (χ0) is 29.4. The van der Waals surface area contributed by atoms with Gasteiger partial charge in [-0.3, -0.25) is 9.59 Å². The minimum absolute atomic E-state index is 0.146. The van der Waals surface area contributed by atoms with Crippen LogP contribution in [0.2, 0.25) is 0 Å². The number of rotatable bonds is 18. The highest BCUT2D eigenvalue weighted by atomic mass is 32.2. The SMILES string of the molecule is CC(=O)OC(CCCCCCC#CCSCC#CCCCCCCC(OC(C)=O)c1ccccc1)c1ccccc1. The van der Waals surface area contributed by atoms with Gasteiger partial charge in [0, 0.05) is 26.7 Å². The minimum atomic E-state index is -0.225. The Bertz CT molecular complexity index is 1020. The van der Waals surface area contributed by atoms with E-state index in [4.69, 9.17) is 9.47 Å². The number of carbonyl (C=O) groups excluding carboxylic acids is 2. The maximum atomic E-state index is 11.4. The zero-order valence-corrected chi connectivity index (χ0v) is 25.7. The maximum absolute atomic E-state index is 11.4. The topological polar surface area (TPSA) is 52.6 Å². The first-order valence-corrected chi connectivity index (χ1v) is 16.1. The van der Waals surface area contributed by atoms with Gasteiger partial charge in [0.15, 0.2) is 0 Å². The Morgan fingerprint density at radius 2 is 0.976 bits per heavy atom. The number of unbranched alkanes of at least 4 members (excludes halogenated alkanes) is 8. The van der Waals surface area contributed by atoms with Crippen LogP contribution in [-0.2, 0) is 19.1 Å². The molecular weight excluding hydrogens is 528 g/mol. The van der Waals surface area contributed by atoms with Crippen LogP contribution >= 0.6 is 11.8 Å². The van der Waals surface area contributed by atoms with E-state index in [-0.39, 0.29) is 24.1 Å². The second-order valence-electron chi connectivity index (χ2n) is 10.1. The van der Waals surface area contributed by atoms with Gasteiger partial charge in [0.25, 0.3) is 0 Å². The second kappa shape index (κ2) is 22.5. The second-order valence-corrected chi connectivity index (χ2v) is 11.1. The largest absolute Gasteiger partial charge is 0.458 e. The summed E-state index contributed by atoms with van der Waals surface area (Å²) in [5, 5.41) is 0. The molecular formula is C36H46O4S. The fourth-order valence-electron chi connectivity index (χ4n) is 4.55. The number of hydrogen-bond donors (Lipinski definition) is 0. The number of carbonyl (C=O) groups is 2. The van der Waals surface area contributed by atoms with Gasteiger partial charge in [-0.05, 0) is 49.7 Å². The lowest BCUT2D eigenvalue weighted by molar-refractivity contribution is -0.148. The number of hydrogen-bond acceptors (Lipinski definition) is 5. The summed E-state index contributed by atoms with van der Waals surface area (Å²) in [6.45, 7) is 2.95. The van der Waals surface area contributed by atoms with Gasteiger partial charge in [0.05, 0.1) is 11.5 Å². The third kappa shape index (κ3) is 17.3. The van der Waals surface area contributed by atoms with Crippen LogP contribution in [0.1, 0.15) is 114 Å². The van der Waals surface area contributed by atoms with Gasteiger partial charge in [-0.2, -0.15) is 0 Å². The van der Waals surface area contributed by atoms with Crippen LogP contribution in [0.25, 0.3) is 0 Å². The van der Waals surface area contributed by atoms with E-state index in [0.717, 1.165) is 99.7 Å². The molecule has 0 saturated carbocycles. The molecule has 2 aromatic carbocycles. The van der Waals surface area contributed by atoms with E-state index in [2.05, 4.69) is 23.7 Å². The third-order valence-corrected chi connectivity index (χ3v) is 7.29. The molecule has 0 saturated heterocycles. The average molecular weight is 575 g/mol. The molecule has 2 rings (SSSR count). The van der Waals surface area contributed by atoms with Crippen LogP contribution in [0, 0.1) is 23.7 Å². The van der Waals surface area contributed by atoms with Crippen molar-refractivity contribution in [2.24, 2.45) is 0 Å². The number of benzene rings is 2. The third-order valence-electron chi connectivity index (χ3n) is 6.59. The van der Waals surface area contributed by atoms with E-state index in [1.54, 1.807) is 11.8 Å². The van der Waals surface area contributed by atoms with Gasteiger partial charge in [-0.15, -0.1) is 23.6 Å². The highest BCUT2D eigenvalue weighted by Crippen LogP contribution is 2.25. The van der Waals surface area contributed by atoms with Crippen molar-refractivity contribution < 1.29 is 19.1 Å². The van der Waals surface area contributed by atoms with Crippen molar-refractivity contribution in [3.05, 3.63) is 71.8 Å². The van der Waals surface area contributed by atoms with Crippen molar-refractivity contribution in [3.8, 4) is 23.7 Å². The normalized spacial score (nSPS) is 11.8. The summed E-state index contributed by atoms with van der Waals surface area (Å²) in [6.07, 6.45) is 12.1. The summed E-state index contributed by atoms with van der Waals surface area (Å²) in [5.74, 6) is 14.3. The molecule has 0 aliphatic rings. The molecule has 5 heteroatoms. The Morgan fingerprint density at radius 1 is 0.585 bits per heavy atom. The predicted molar refractivity (Wildman–Crippen MR) is 170 cm³/mol. The molecule has 0 radical (unpaired) electrons. The number of thioether (sulfide) groups is 1. The molecule has 0 aliphatic heterocycles. The van der Waals surface area contributed by atoms with E-state index >= 15 is 0 Å². The van der Waals surface area contributed by atoms with Crippen LogP contribution in [0.5, 0.6) is 0 Å². The molecule has 220 valence electrons. The Kier molecular flexibility index (Phi) is 18.7. The summed E-state index contributed by atoms with van der Waals surface area (Å²) < 4.78 is 11.0. The maximum Gasteiger partial charge on any atom is 0.303 e. The summed E-state index contributed by atoms with van der Waals surface area (Å²) in [4.78, 5) is 22.9. The van der Waals surface area contributed by atoms with Gasteiger partial charge >= 0.3 is 11.9 Å². The molecule has 0 bridgehead atoms. The van der Waals surface area contributed by atoms with Crippen LogP contribution in [0.15, 0.2) is 60.7 Å². The van der Waals surface area contributed by atoms with Crippen LogP contribution in [0.4, 0.5) is 0 Å². The fourth-order valence-corrected chi connectivity index (χ4v) is 5.06. The van der Waals surface area contributed by atoms with Crippen molar-refractivity contribution in [1.29, 1.82) is 0 Å². The summed E-state index contributed by atoms with van der Waals surface area (Å²) in [6, 6.07) is 20.0. The Morgan fingerprint density at radius 3 is 1.37 bits per heavy atom. The van der Waals surface area contributed by atoms with E-state index in [9.17, 15) is 9.59 Å². The lowest BCUT2D eigenvalue weighted by atomic mass is 10.0. The van der Waals surface area contributed by atoms with E-state index in [1.807, 2.05) is 60.7 Å². The van der Waals surface area contributed by atoms with Gasteiger partial charge in [0.2, 0.25) is 0 Å². The van der Waals surface area contributed by atoms with Gasteiger partial charge in [-0.1, -0.05) is 98.2 Å². The van der Waals surface area contributed by atoms with Crippen LogP contribution < -0.4 is 0 Å². The molecule has 0 aromatic heterocycles. The molecule has 0 heterocycles. The molecule has 2 unspecified atom stereocenters. The van der Waals surface area contributed by atoms with Gasteiger partial charge < -0.3 is 9.47 Å². The highest BCUT2D eigenvalue weighted by molar-refractivity contribution is 7.99. The number of ether oxygens (including phenoxy) is 2. The fraction of sp³-hybridized carbons (Fsp3) is 0.500. The van der Waals surface area contributed by atoms with Crippen molar-refractivity contribution >= 4 is 23.7 Å². The highest BCUT2D eigenvalue weighted by Gasteiger charge is 2.14. The molecule has 0 aliphatic carbocycles. The zero-order valence-electron chi connectivity index (χ0n) is 24.9. The molecule has 2 aromatic rings. The molecule has 0 spiro atoms. The smallest absolute Gasteiger partial charge is 0.303 e. The first-order chi connectivity index (χ1) is 20.1. The van der Waals surface area contributed by atoms with Crippen molar-refractivity contribution in [2.45, 2.75) is 103 Å². The quantitative estimate of drug-likeness (QED) is 0.101. The summed E-state index contributed by atoms with van der Waals surface area (Å²) >= 11 is 1.78. The monoisotopic (exact) mass is 574 g/mol. The molecule has 2 atom stereocenters. The molecule has 4 nitrogen and oxygen atoms in total. The van der Waals surface area contributed by atoms with Crippen LogP contribution in [-0.4, -0.2) is 23.4 Å². The summed E-state index contributed by atoms with van der Waals surface area (Å²) in [7, 11) is 0. The predicted octanol–water partition coefficient (Wildman–Crippen LogP) is 9.02. The van der Waals surface area contributed by atoms with Crippen molar-refractivity contribution in [2.75, 3.05) is 11.5 Å². The van der Waals surface area contributed by atoms with Crippen LogP contribution in [0.3, 0.4) is 0 Å². The number of esters is 2. The van der Waals surface area contributed by atoms with E-state index < -0.39 is 0 Å². The Balaban J connectivity index is 1.43. The van der Waals surface area contributed by atoms with Crippen molar-refractivity contribution in [3.63, 3.8) is 0 Å². The van der Waals surface area contributed by atoms with E-state index in [0.29, 0.717) is 0 Å². The van der Waals surface area contributed by atoms with E-state index in [1.165, 1.54) is 13.8 Å². The molecule has 0 N–H and O–H groups in total.